The summed E-state index contributed by atoms with van der Waals surface area (Å²) in [7, 11) is 0. The molecular formula is C15H17ClN4. The van der Waals surface area contributed by atoms with Crippen LogP contribution in [0.3, 0.4) is 0 Å². The third-order valence-corrected chi connectivity index (χ3v) is 3.83. The Hall–Kier alpha value is -1.81. The van der Waals surface area contributed by atoms with Gasteiger partial charge in [0.15, 0.2) is 0 Å². The molecule has 0 bridgehead atoms. The van der Waals surface area contributed by atoms with Crippen LogP contribution in [0.25, 0.3) is 10.9 Å². The van der Waals surface area contributed by atoms with Crippen molar-refractivity contribution in [3.63, 3.8) is 0 Å². The molecule has 1 aromatic carbocycles. The Morgan fingerprint density at radius 3 is 2.65 bits per heavy atom. The van der Waals surface area contributed by atoms with Gasteiger partial charge >= 0.3 is 0 Å². The maximum Gasteiger partial charge on any atom is 0.0693 e. The molecule has 20 heavy (non-hydrogen) atoms. The minimum Gasteiger partial charge on any atom is -0.358 e. The van der Waals surface area contributed by atoms with Crippen LogP contribution >= 0.6 is 11.6 Å². The fourth-order valence-corrected chi connectivity index (χ4v) is 2.57. The van der Waals surface area contributed by atoms with Crippen LogP contribution in [-0.2, 0) is 13.0 Å². The second kappa shape index (κ2) is 5.29. The summed E-state index contributed by atoms with van der Waals surface area (Å²) in [6.45, 7) is 5.09. The van der Waals surface area contributed by atoms with E-state index in [-0.39, 0.29) is 0 Å². The number of halogens is 1. The molecule has 104 valence electrons. The second-order valence-electron chi connectivity index (χ2n) is 5.29. The summed E-state index contributed by atoms with van der Waals surface area (Å²) < 4.78 is 0. The SMILES string of the molecule is CC(C)c1cc2cc(Cl)c(CCn3nccn3)cc2[nH]1. The Morgan fingerprint density at radius 1 is 1.20 bits per heavy atom. The van der Waals surface area contributed by atoms with Gasteiger partial charge in [0.05, 0.1) is 18.9 Å². The van der Waals surface area contributed by atoms with Crippen molar-refractivity contribution in [3.8, 4) is 0 Å². The maximum absolute atomic E-state index is 6.37. The number of hydrogen-bond acceptors (Lipinski definition) is 2. The van der Waals surface area contributed by atoms with Crippen LogP contribution < -0.4 is 0 Å². The van der Waals surface area contributed by atoms with Crippen LogP contribution in [-0.4, -0.2) is 20.0 Å². The van der Waals surface area contributed by atoms with Crippen molar-refractivity contribution in [2.75, 3.05) is 0 Å². The third kappa shape index (κ3) is 2.56. The lowest BCUT2D eigenvalue weighted by atomic mass is 10.1. The van der Waals surface area contributed by atoms with Gasteiger partial charge in [-0.2, -0.15) is 15.0 Å². The van der Waals surface area contributed by atoms with Crippen molar-refractivity contribution >= 4 is 22.5 Å². The summed E-state index contributed by atoms with van der Waals surface area (Å²) in [5.74, 6) is 0.484. The van der Waals surface area contributed by atoms with Crippen LogP contribution in [0.4, 0.5) is 0 Å². The molecule has 3 aromatic rings. The first-order valence-electron chi connectivity index (χ1n) is 6.78. The van der Waals surface area contributed by atoms with E-state index in [1.807, 2.05) is 6.07 Å². The van der Waals surface area contributed by atoms with Crippen molar-refractivity contribution in [1.29, 1.82) is 0 Å². The van der Waals surface area contributed by atoms with E-state index in [4.69, 9.17) is 11.6 Å². The summed E-state index contributed by atoms with van der Waals surface area (Å²) in [5, 5.41) is 10.2. The molecule has 1 N–H and O–H groups in total. The lowest BCUT2D eigenvalue weighted by Crippen LogP contribution is -2.05. The van der Waals surface area contributed by atoms with Crippen molar-refractivity contribution in [3.05, 3.63) is 46.9 Å². The molecule has 0 saturated carbocycles. The largest absolute Gasteiger partial charge is 0.358 e. The van der Waals surface area contributed by atoms with E-state index in [1.54, 1.807) is 17.2 Å². The molecule has 4 nitrogen and oxygen atoms in total. The molecule has 0 radical (unpaired) electrons. The summed E-state index contributed by atoms with van der Waals surface area (Å²) in [6, 6.07) is 6.34. The number of aryl methyl sites for hydroxylation is 2. The molecule has 0 fully saturated rings. The number of rotatable bonds is 4. The van der Waals surface area contributed by atoms with E-state index in [1.165, 1.54) is 11.1 Å². The lowest BCUT2D eigenvalue weighted by Gasteiger charge is -2.04. The molecular weight excluding hydrogens is 272 g/mol. The molecule has 5 heteroatoms. The zero-order chi connectivity index (χ0) is 14.1. The maximum atomic E-state index is 6.37. The Morgan fingerprint density at radius 2 is 1.95 bits per heavy atom. The number of nitrogens with one attached hydrogen (secondary N) is 1. The monoisotopic (exact) mass is 288 g/mol. The Labute approximate surface area is 122 Å². The molecule has 0 unspecified atom stereocenters. The van der Waals surface area contributed by atoms with Gasteiger partial charge in [0, 0.05) is 21.6 Å². The highest BCUT2D eigenvalue weighted by atomic mass is 35.5. The number of fused-ring (bicyclic) bond motifs is 1. The minimum absolute atomic E-state index is 0.484. The van der Waals surface area contributed by atoms with Gasteiger partial charge in [-0.05, 0) is 36.1 Å². The minimum atomic E-state index is 0.484. The normalized spacial score (nSPS) is 11.6. The number of aromatic amines is 1. The van der Waals surface area contributed by atoms with Gasteiger partial charge in [0.2, 0.25) is 0 Å². The van der Waals surface area contributed by atoms with Gasteiger partial charge in [-0.1, -0.05) is 25.4 Å². The number of H-pyrrole nitrogens is 1. The molecule has 0 amide bonds. The predicted molar refractivity (Wildman–Crippen MR) is 81.1 cm³/mol. The molecule has 0 aliphatic rings. The molecule has 0 spiro atoms. The molecule has 0 saturated heterocycles. The van der Waals surface area contributed by atoms with E-state index in [9.17, 15) is 0 Å². The summed E-state index contributed by atoms with van der Waals surface area (Å²) in [6.07, 6.45) is 4.19. The Kier molecular flexibility index (Phi) is 3.49. The summed E-state index contributed by atoms with van der Waals surface area (Å²) in [5.41, 5.74) is 3.50. The highest BCUT2D eigenvalue weighted by molar-refractivity contribution is 6.32. The van der Waals surface area contributed by atoms with E-state index in [2.05, 4.69) is 41.2 Å². The smallest absolute Gasteiger partial charge is 0.0693 e. The zero-order valence-corrected chi connectivity index (χ0v) is 12.4. The van der Waals surface area contributed by atoms with Crippen LogP contribution in [0.15, 0.2) is 30.6 Å². The number of nitrogens with zero attached hydrogens (tertiary/aromatic N) is 3. The average molecular weight is 289 g/mol. The van der Waals surface area contributed by atoms with Crippen LogP contribution in [0.1, 0.15) is 31.0 Å². The van der Waals surface area contributed by atoms with Crippen LogP contribution in [0.5, 0.6) is 0 Å². The Balaban J connectivity index is 1.88. The second-order valence-corrected chi connectivity index (χ2v) is 5.69. The van der Waals surface area contributed by atoms with Crippen molar-refractivity contribution in [1.82, 2.24) is 20.0 Å². The van der Waals surface area contributed by atoms with Crippen LogP contribution in [0, 0.1) is 0 Å². The van der Waals surface area contributed by atoms with Gasteiger partial charge < -0.3 is 4.98 Å². The van der Waals surface area contributed by atoms with E-state index >= 15 is 0 Å². The van der Waals surface area contributed by atoms with Gasteiger partial charge in [-0.25, -0.2) is 0 Å². The van der Waals surface area contributed by atoms with Gasteiger partial charge in [0.1, 0.15) is 0 Å². The average Bonchev–Trinajstić information content (AvgIpc) is 3.04. The van der Waals surface area contributed by atoms with E-state index in [0.29, 0.717) is 5.92 Å². The first kappa shape index (κ1) is 13.2. The van der Waals surface area contributed by atoms with Crippen LogP contribution in [0.2, 0.25) is 5.02 Å². The Bertz CT molecular complexity index is 713. The number of aromatic nitrogens is 4. The zero-order valence-electron chi connectivity index (χ0n) is 11.6. The van der Waals surface area contributed by atoms with Crippen molar-refractivity contribution in [2.24, 2.45) is 0 Å². The fourth-order valence-electron chi connectivity index (χ4n) is 2.30. The summed E-state index contributed by atoms with van der Waals surface area (Å²) in [4.78, 5) is 5.13. The number of hydrogen-bond donors (Lipinski definition) is 1. The molecule has 0 aliphatic heterocycles. The number of benzene rings is 1. The molecule has 0 aliphatic carbocycles. The molecule has 0 atom stereocenters. The van der Waals surface area contributed by atoms with Gasteiger partial charge in [-0.15, -0.1) is 0 Å². The highest BCUT2D eigenvalue weighted by Gasteiger charge is 2.08. The van der Waals surface area contributed by atoms with Crippen molar-refractivity contribution < 1.29 is 0 Å². The first-order chi connectivity index (χ1) is 9.63. The first-order valence-corrected chi connectivity index (χ1v) is 7.16. The van der Waals surface area contributed by atoms with Gasteiger partial charge in [-0.3, -0.25) is 0 Å². The topological polar surface area (TPSA) is 46.5 Å². The summed E-state index contributed by atoms with van der Waals surface area (Å²) >= 11 is 6.37. The standard InChI is InChI=1S/C15H17ClN4/c1-10(2)14-9-12-7-13(16)11(8-15(12)19-14)3-6-20-17-4-5-18-20/h4-5,7-10,19H,3,6H2,1-2H3. The molecule has 2 heterocycles. The van der Waals surface area contributed by atoms with Gasteiger partial charge in [0.25, 0.3) is 0 Å². The molecule has 3 rings (SSSR count). The van der Waals surface area contributed by atoms with Crippen molar-refractivity contribution in [2.45, 2.75) is 32.7 Å². The highest BCUT2D eigenvalue weighted by Crippen LogP contribution is 2.27. The third-order valence-electron chi connectivity index (χ3n) is 3.48. The predicted octanol–water partition coefficient (Wildman–Crippen LogP) is 3.78. The van der Waals surface area contributed by atoms with E-state index < -0.39 is 0 Å². The van der Waals surface area contributed by atoms with E-state index in [0.717, 1.165) is 29.1 Å². The quantitative estimate of drug-likeness (QED) is 0.794. The molecule has 2 aromatic heterocycles. The lowest BCUT2D eigenvalue weighted by molar-refractivity contribution is 0.537. The fraction of sp³-hybridized carbons (Fsp3) is 0.333.